The number of anilines is 2. The number of nitro groups is 1. The van der Waals surface area contributed by atoms with Crippen molar-refractivity contribution in [3.63, 3.8) is 0 Å². The van der Waals surface area contributed by atoms with Crippen molar-refractivity contribution in [2.75, 3.05) is 23.7 Å². The molecule has 0 aliphatic heterocycles. The Morgan fingerprint density at radius 2 is 2.12 bits per heavy atom. The van der Waals surface area contributed by atoms with E-state index in [1.54, 1.807) is 6.07 Å². The highest BCUT2D eigenvalue weighted by Crippen LogP contribution is 2.27. The van der Waals surface area contributed by atoms with E-state index in [9.17, 15) is 10.1 Å². The molecule has 0 atom stereocenters. The van der Waals surface area contributed by atoms with Crippen molar-refractivity contribution < 1.29 is 4.92 Å². The van der Waals surface area contributed by atoms with E-state index in [1.165, 1.54) is 12.1 Å². The molecular weight excluding hydrogens is 218 g/mol. The molecule has 1 rings (SSSR count). The molecule has 0 amide bonds. The Hall–Kier alpha value is -1.78. The Balaban J connectivity index is 3.00. The molecule has 0 bridgehead atoms. The van der Waals surface area contributed by atoms with Crippen LogP contribution in [0, 0.1) is 16.0 Å². The third-order valence-corrected chi connectivity index (χ3v) is 2.53. The van der Waals surface area contributed by atoms with Gasteiger partial charge in [0.25, 0.3) is 5.69 Å². The second-order valence-electron chi connectivity index (χ2n) is 4.43. The first-order chi connectivity index (χ1) is 7.95. The van der Waals surface area contributed by atoms with Gasteiger partial charge >= 0.3 is 0 Å². The van der Waals surface area contributed by atoms with Gasteiger partial charge in [-0.25, -0.2) is 0 Å². The molecule has 0 fully saturated rings. The van der Waals surface area contributed by atoms with Gasteiger partial charge in [0.1, 0.15) is 0 Å². The van der Waals surface area contributed by atoms with Crippen LogP contribution < -0.4 is 10.6 Å². The van der Waals surface area contributed by atoms with Crippen molar-refractivity contribution in [1.82, 2.24) is 0 Å². The molecule has 17 heavy (non-hydrogen) atoms. The van der Waals surface area contributed by atoms with Crippen LogP contribution in [-0.4, -0.2) is 18.0 Å². The van der Waals surface area contributed by atoms with E-state index in [0.29, 0.717) is 11.6 Å². The Kier molecular flexibility index (Phi) is 4.31. The van der Waals surface area contributed by atoms with Gasteiger partial charge in [0.05, 0.1) is 16.3 Å². The monoisotopic (exact) mass is 237 g/mol. The lowest BCUT2D eigenvalue weighted by Crippen LogP contribution is -2.27. The zero-order valence-corrected chi connectivity index (χ0v) is 10.5. The molecule has 0 aliphatic carbocycles. The first-order valence-electron chi connectivity index (χ1n) is 5.74. The summed E-state index contributed by atoms with van der Waals surface area (Å²) in [6.45, 7) is 8.02. The first-order valence-corrected chi connectivity index (χ1v) is 5.74. The van der Waals surface area contributed by atoms with Crippen LogP contribution in [-0.2, 0) is 0 Å². The molecule has 5 heteroatoms. The molecule has 2 N–H and O–H groups in total. The minimum Gasteiger partial charge on any atom is -0.397 e. The second-order valence-corrected chi connectivity index (χ2v) is 4.43. The van der Waals surface area contributed by atoms with Gasteiger partial charge < -0.3 is 10.6 Å². The van der Waals surface area contributed by atoms with Crippen molar-refractivity contribution in [3.8, 4) is 0 Å². The number of benzene rings is 1. The van der Waals surface area contributed by atoms with E-state index in [2.05, 4.69) is 18.7 Å². The Labute approximate surface area is 101 Å². The summed E-state index contributed by atoms with van der Waals surface area (Å²) in [7, 11) is 0. The molecule has 94 valence electrons. The maximum Gasteiger partial charge on any atom is 0.271 e. The molecular formula is C12H19N3O2. The summed E-state index contributed by atoms with van der Waals surface area (Å²) in [5.41, 5.74) is 7.23. The molecule has 5 nitrogen and oxygen atoms in total. The number of hydrogen-bond acceptors (Lipinski definition) is 4. The van der Waals surface area contributed by atoms with Crippen LogP contribution in [0.5, 0.6) is 0 Å². The number of non-ortho nitro benzene ring substituents is 1. The molecule has 0 saturated heterocycles. The van der Waals surface area contributed by atoms with Crippen LogP contribution in [0.2, 0.25) is 0 Å². The van der Waals surface area contributed by atoms with Gasteiger partial charge in [0, 0.05) is 25.2 Å². The lowest BCUT2D eigenvalue weighted by atomic mass is 10.1. The molecule has 0 aliphatic rings. The number of nitro benzene ring substituents is 1. The Morgan fingerprint density at radius 3 is 2.53 bits per heavy atom. The summed E-state index contributed by atoms with van der Waals surface area (Å²) in [6, 6.07) is 4.63. The number of rotatable bonds is 5. The third kappa shape index (κ3) is 3.34. The standard InChI is InChI=1S/C12H19N3O2/c1-4-14(8-9(2)3)12-6-5-10(15(16)17)7-11(12)13/h5-7,9H,4,8,13H2,1-3H3. The third-order valence-electron chi connectivity index (χ3n) is 2.53. The van der Waals surface area contributed by atoms with Crippen LogP contribution in [0.15, 0.2) is 18.2 Å². The molecule has 1 aromatic carbocycles. The highest BCUT2D eigenvalue weighted by Gasteiger charge is 2.13. The largest absolute Gasteiger partial charge is 0.397 e. The van der Waals surface area contributed by atoms with Gasteiger partial charge in [-0.2, -0.15) is 0 Å². The van der Waals surface area contributed by atoms with E-state index >= 15 is 0 Å². The van der Waals surface area contributed by atoms with Crippen LogP contribution in [0.3, 0.4) is 0 Å². The van der Waals surface area contributed by atoms with Crippen molar-refractivity contribution in [2.24, 2.45) is 5.92 Å². The predicted octanol–water partition coefficient (Wildman–Crippen LogP) is 2.66. The normalized spacial score (nSPS) is 10.6. The molecule has 0 radical (unpaired) electrons. The highest BCUT2D eigenvalue weighted by atomic mass is 16.6. The van der Waals surface area contributed by atoms with Gasteiger partial charge in [-0.3, -0.25) is 10.1 Å². The quantitative estimate of drug-likeness (QED) is 0.485. The lowest BCUT2D eigenvalue weighted by molar-refractivity contribution is -0.384. The fraction of sp³-hybridized carbons (Fsp3) is 0.500. The summed E-state index contributed by atoms with van der Waals surface area (Å²) >= 11 is 0. The molecule has 0 saturated carbocycles. The topological polar surface area (TPSA) is 72.4 Å². The smallest absolute Gasteiger partial charge is 0.271 e. The average molecular weight is 237 g/mol. The highest BCUT2D eigenvalue weighted by molar-refractivity contribution is 5.70. The molecule has 0 spiro atoms. The van der Waals surface area contributed by atoms with Gasteiger partial charge in [-0.05, 0) is 18.9 Å². The van der Waals surface area contributed by atoms with Crippen molar-refractivity contribution >= 4 is 17.1 Å². The Morgan fingerprint density at radius 1 is 1.47 bits per heavy atom. The van der Waals surface area contributed by atoms with Gasteiger partial charge in [-0.15, -0.1) is 0 Å². The summed E-state index contributed by atoms with van der Waals surface area (Å²) in [5, 5.41) is 10.6. The van der Waals surface area contributed by atoms with Crippen LogP contribution in [0.4, 0.5) is 17.1 Å². The fourth-order valence-corrected chi connectivity index (χ4v) is 1.78. The number of nitrogens with zero attached hydrogens (tertiary/aromatic N) is 2. The van der Waals surface area contributed by atoms with Gasteiger partial charge in [0.15, 0.2) is 0 Å². The van der Waals surface area contributed by atoms with Gasteiger partial charge in [-0.1, -0.05) is 13.8 Å². The second kappa shape index (κ2) is 5.52. The predicted molar refractivity (Wildman–Crippen MR) is 70.2 cm³/mol. The fourth-order valence-electron chi connectivity index (χ4n) is 1.78. The summed E-state index contributed by atoms with van der Waals surface area (Å²) < 4.78 is 0. The van der Waals surface area contributed by atoms with Crippen molar-refractivity contribution in [1.29, 1.82) is 0 Å². The summed E-state index contributed by atoms with van der Waals surface area (Å²) in [5.74, 6) is 0.518. The molecule has 1 aromatic rings. The zero-order chi connectivity index (χ0) is 13.0. The van der Waals surface area contributed by atoms with E-state index in [0.717, 1.165) is 18.8 Å². The molecule has 0 unspecified atom stereocenters. The number of hydrogen-bond donors (Lipinski definition) is 1. The molecule has 0 aromatic heterocycles. The number of nitrogens with two attached hydrogens (primary N) is 1. The average Bonchev–Trinajstić information content (AvgIpc) is 2.25. The van der Waals surface area contributed by atoms with Crippen molar-refractivity contribution in [2.45, 2.75) is 20.8 Å². The Bertz CT molecular complexity index is 405. The first kappa shape index (κ1) is 13.3. The summed E-state index contributed by atoms with van der Waals surface area (Å²) in [6.07, 6.45) is 0. The van der Waals surface area contributed by atoms with Crippen LogP contribution in [0.1, 0.15) is 20.8 Å². The summed E-state index contributed by atoms with van der Waals surface area (Å²) in [4.78, 5) is 12.3. The maximum atomic E-state index is 10.6. The minimum atomic E-state index is -0.432. The number of nitrogen functional groups attached to an aromatic ring is 1. The maximum absolute atomic E-state index is 10.6. The SMILES string of the molecule is CCN(CC(C)C)c1ccc([N+](=O)[O-])cc1N. The van der Waals surface area contributed by atoms with E-state index in [4.69, 9.17) is 5.73 Å². The van der Waals surface area contributed by atoms with E-state index in [1.807, 2.05) is 6.92 Å². The minimum absolute atomic E-state index is 0.0341. The lowest BCUT2D eigenvalue weighted by Gasteiger charge is -2.26. The van der Waals surface area contributed by atoms with Gasteiger partial charge in [0.2, 0.25) is 0 Å². The molecule has 0 heterocycles. The van der Waals surface area contributed by atoms with E-state index < -0.39 is 4.92 Å². The van der Waals surface area contributed by atoms with Crippen LogP contribution in [0.25, 0.3) is 0 Å². The van der Waals surface area contributed by atoms with Crippen LogP contribution >= 0.6 is 0 Å². The van der Waals surface area contributed by atoms with Crippen molar-refractivity contribution in [3.05, 3.63) is 28.3 Å². The zero-order valence-electron chi connectivity index (χ0n) is 10.5. The van der Waals surface area contributed by atoms with E-state index in [-0.39, 0.29) is 5.69 Å².